The van der Waals surface area contributed by atoms with Crippen molar-refractivity contribution in [1.82, 2.24) is 24.6 Å². The molecule has 10 heteroatoms. The normalized spacial score (nSPS) is 16.0. The van der Waals surface area contributed by atoms with Crippen LogP contribution in [0.2, 0.25) is 0 Å². The third-order valence-corrected chi connectivity index (χ3v) is 7.23. The van der Waals surface area contributed by atoms with E-state index in [1.807, 2.05) is 33.8 Å². The van der Waals surface area contributed by atoms with Gasteiger partial charge in [0.05, 0.1) is 28.7 Å². The second-order valence-electron chi connectivity index (χ2n) is 11.4. The Labute approximate surface area is 232 Å². The summed E-state index contributed by atoms with van der Waals surface area (Å²) in [4.78, 5) is 35.9. The average Bonchev–Trinajstić information content (AvgIpc) is 3.28. The van der Waals surface area contributed by atoms with E-state index in [0.29, 0.717) is 41.9 Å². The first kappa shape index (κ1) is 29.2. The van der Waals surface area contributed by atoms with Gasteiger partial charge in [-0.25, -0.2) is 9.67 Å². The number of ketones is 1. The van der Waals surface area contributed by atoms with Crippen LogP contribution in [0.5, 0.6) is 0 Å². The predicted octanol–water partition coefficient (Wildman–Crippen LogP) is 6.16. The van der Waals surface area contributed by atoms with Crippen LogP contribution in [0.15, 0.2) is 42.9 Å². The van der Waals surface area contributed by atoms with Gasteiger partial charge in [0.15, 0.2) is 11.6 Å². The largest absolute Gasteiger partial charge is 0.418 e. The lowest BCUT2D eigenvalue weighted by atomic mass is 9.88. The van der Waals surface area contributed by atoms with Crippen molar-refractivity contribution >= 4 is 17.3 Å². The SMILES string of the molecule is Cc1ccc(-n2ncc(C(=O)Cc3cnc(C4=CCC(N(C)C(=O)C(C)(C)C)CC4)c(C(F)(F)F)c3)c2C)nc1. The molecular formula is C30H34F3N5O2. The van der Waals surface area contributed by atoms with E-state index in [1.54, 1.807) is 37.2 Å². The van der Waals surface area contributed by atoms with Crippen molar-refractivity contribution < 1.29 is 22.8 Å². The standard InChI is InChI=1S/C30H34F3N5O2/c1-18-7-12-26(34-15-18)38-19(2)23(17-36-38)25(39)14-20-13-24(30(31,32)33)27(35-16-20)21-8-10-22(11-9-21)37(6)28(40)29(3,4)5/h7-8,12-13,15-17,22H,9-11,14H2,1-6H3. The van der Waals surface area contributed by atoms with Gasteiger partial charge in [0.2, 0.25) is 5.91 Å². The van der Waals surface area contributed by atoms with E-state index in [0.717, 1.165) is 11.6 Å². The minimum absolute atomic E-state index is 0.00613. The van der Waals surface area contributed by atoms with Crippen LogP contribution >= 0.6 is 0 Å². The summed E-state index contributed by atoms with van der Waals surface area (Å²) < 4.78 is 44.0. The van der Waals surface area contributed by atoms with Crippen LogP contribution in [-0.4, -0.2) is 49.4 Å². The number of carbonyl (C=O) groups is 2. The van der Waals surface area contributed by atoms with Gasteiger partial charge in [-0.2, -0.15) is 18.3 Å². The zero-order valence-electron chi connectivity index (χ0n) is 23.6. The van der Waals surface area contributed by atoms with E-state index < -0.39 is 17.2 Å². The van der Waals surface area contributed by atoms with Gasteiger partial charge in [-0.05, 0) is 61.9 Å². The Morgan fingerprint density at radius 1 is 1.07 bits per heavy atom. The highest BCUT2D eigenvalue weighted by Gasteiger charge is 2.37. The fourth-order valence-corrected chi connectivity index (χ4v) is 4.94. The molecule has 212 valence electrons. The average molecular weight is 554 g/mol. The van der Waals surface area contributed by atoms with Crippen molar-refractivity contribution in [2.45, 2.75) is 72.5 Å². The number of halogens is 3. The molecule has 0 aromatic carbocycles. The number of allylic oxidation sites excluding steroid dienone is 1. The molecule has 1 aliphatic carbocycles. The van der Waals surface area contributed by atoms with Gasteiger partial charge in [-0.3, -0.25) is 14.6 Å². The maximum absolute atomic E-state index is 14.1. The van der Waals surface area contributed by atoms with E-state index in [9.17, 15) is 22.8 Å². The second kappa shape index (κ2) is 11.0. The number of carbonyl (C=O) groups excluding carboxylic acids is 2. The highest BCUT2D eigenvalue weighted by Crippen LogP contribution is 2.38. The third-order valence-electron chi connectivity index (χ3n) is 7.23. The highest BCUT2D eigenvalue weighted by atomic mass is 19.4. The molecule has 1 atom stereocenters. The molecule has 1 aliphatic rings. The number of pyridine rings is 2. The molecule has 0 radical (unpaired) electrons. The fourth-order valence-electron chi connectivity index (χ4n) is 4.94. The van der Waals surface area contributed by atoms with Crippen molar-refractivity contribution in [3.63, 3.8) is 0 Å². The third kappa shape index (κ3) is 6.16. The first-order chi connectivity index (χ1) is 18.7. The van der Waals surface area contributed by atoms with Gasteiger partial charge >= 0.3 is 6.18 Å². The number of rotatable bonds is 6. The monoisotopic (exact) mass is 553 g/mol. The first-order valence-electron chi connectivity index (χ1n) is 13.2. The van der Waals surface area contributed by atoms with Crippen LogP contribution in [0, 0.1) is 19.3 Å². The Morgan fingerprint density at radius 3 is 2.38 bits per heavy atom. The number of aromatic nitrogens is 4. The number of alkyl halides is 3. The molecule has 7 nitrogen and oxygen atoms in total. The number of hydrogen-bond acceptors (Lipinski definition) is 5. The van der Waals surface area contributed by atoms with Gasteiger partial charge in [0.1, 0.15) is 0 Å². The zero-order valence-corrected chi connectivity index (χ0v) is 23.6. The van der Waals surface area contributed by atoms with Crippen molar-refractivity contribution in [2.24, 2.45) is 5.41 Å². The molecule has 40 heavy (non-hydrogen) atoms. The number of nitrogens with zero attached hydrogens (tertiary/aromatic N) is 5. The lowest BCUT2D eigenvalue weighted by molar-refractivity contribution is -0.140. The summed E-state index contributed by atoms with van der Waals surface area (Å²) in [6.07, 6.45) is 2.67. The zero-order chi connectivity index (χ0) is 29.4. The molecule has 0 bridgehead atoms. The molecule has 4 rings (SSSR count). The number of Topliss-reactive ketones (excluding diaryl/α,β-unsaturated/α-hetero) is 1. The van der Waals surface area contributed by atoms with Crippen molar-refractivity contribution in [1.29, 1.82) is 0 Å². The molecule has 3 aromatic heterocycles. The molecule has 0 fully saturated rings. The summed E-state index contributed by atoms with van der Waals surface area (Å²) in [5.41, 5.74) is 1.000. The molecule has 0 spiro atoms. The molecule has 3 aromatic rings. The number of amides is 1. The maximum atomic E-state index is 14.1. The Kier molecular flexibility index (Phi) is 8.01. The van der Waals surface area contributed by atoms with E-state index in [-0.39, 0.29) is 35.4 Å². The summed E-state index contributed by atoms with van der Waals surface area (Å²) in [5, 5.41) is 4.26. The lowest BCUT2D eigenvalue weighted by Crippen LogP contribution is -2.43. The Morgan fingerprint density at radius 2 is 1.80 bits per heavy atom. The second-order valence-corrected chi connectivity index (χ2v) is 11.4. The van der Waals surface area contributed by atoms with Gasteiger partial charge in [0.25, 0.3) is 0 Å². The van der Waals surface area contributed by atoms with Crippen LogP contribution in [0.4, 0.5) is 13.2 Å². The van der Waals surface area contributed by atoms with Crippen molar-refractivity contribution in [2.75, 3.05) is 7.05 Å². The molecule has 0 saturated carbocycles. The molecular weight excluding hydrogens is 519 g/mol. The quantitative estimate of drug-likeness (QED) is 0.342. The van der Waals surface area contributed by atoms with Crippen LogP contribution in [0.25, 0.3) is 11.4 Å². The Balaban J connectivity index is 1.55. The molecule has 3 heterocycles. The summed E-state index contributed by atoms with van der Waals surface area (Å²) in [6.45, 7) is 9.16. The summed E-state index contributed by atoms with van der Waals surface area (Å²) in [6, 6.07) is 4.59. The fraction of sp³-hybridized carbons (Fsp3) is 0.433. The van der Waals surface area contributed by atoms with E-state index in [1.165, 1.54) is 17.1 Å². The number of aryl methyl sites for hydroxylation is 1. The summed E-state index contributed by atoms with van der Waals surface area (Å²) in [7, 11) is 1.74. The van der Waals surface area contributed by atoms with Crippen LogP contribution < -0.4 is 0 Å². The maximum Gasteiger partial charge on any atom is 0.418 e. The topological polar surface area (TPSA) is 81.0 Å². The van der Waals surface area contributed by atoms with Crippen LogP contribution in [-0.2, 0) is 17.4 Å². The van der Waals surface area contributed by atoms with Gasteiger partial charge < -0.3 is 4.90 Å². The first-order valence-corrected chi connectivity index (χ1v) is 13.2. The van der Waals surface area contributed by atoms with Crippen LogP contribution in [0.1, 0.15) is 78.5 Å². The van der Waals surface area contributed by atoms with E-state index in [4.69, 9.17) is 0 Å². The van der Waals surface area contributed by atoms with Crippen LogP contribution in [0.3, 0.4) is 0 Å². The molecule has 1 amide bonds. The Bertz CT molecular complexity index is 1450. The smallest absolute Gasteiger partial charge is 0.342 e. The predicted molar refractivity (Wildman–Crippen MR) is 146 cm³/mol. The minimum Gasteiger partial charge on any atom is -0.342 e. The van der Waals surface area contributed by atoms with E-state index >= 15 is 0 Å². The molecule has 0 saturated heterocycles. The molecule has 0 N–H and O–H groups in total. The van der Waals surface area contributed by atoms with Crippen molar-refractivity contribution in [3.8, 4) is 5.82 Å². The highest BCUT2D eigenvalue weighted by molar-refractivity contribution is 5.98. The summed E-state index contributed by atoms with van der Waals surface area (Å²) >= 11 is 0. The van der Waals surface area contributed by atoms with Gasteiger partial charge in [-0.1, -0.05) is 32.9 Å². The molecule has 0 aliphatic heterocycles. The lowest BCUT2D eigenvalue weighted by Gasteiger charge is -2.35. The van der Waals surface area contributed by atoms with Gasteiger partial charge in [0, 0.05) is 37.3 Å². The molecule has 1 unspecified atom stereocenters. The van der Waals surface area contributed by atoms with Gasteiger partial charge in [-0.15, -0.1) is 0 Å². The Hall–Kier alpha value is -3.82. The minimum atomic E-state index is -4.64. The van der Waals surface area contributed by atoms with Crippen molar-refractivity contribution in [3.05, 3.63) is 76.5 Å². The number of hydrogen-bond donors (Lipinski definition) is 0. The summed E-state index contributed by atoms with van der Waals surface area (Å²) in [5.74, 6) is 0.183. The van der Waals surface area contributed by atoms with E-state index in [2.05, 4.69) is 15.1 Å².